The van der Waals surface area contributed by atoms with Crippen LogP contribution in [0, 0.1) is 18.3 Å². The van der Waals surface area contributed by atoms with Gasteiger partial charge in [-0.05, 0) is 44.2 Å². The Balaban J connectivity index is 2.13. The van der Waals surface area contributed by atoms with Crippen LogP contribution in [0.2, 0.25) is 0 Å². The molecule has 1 aromatic heterocycles. The van der Waals surface area contributed by atoms with Crippen LogP contribution < -0.4 is 5.32 Å². The maximum Gasteiger partial charge on any atom is 0.348 e. The fraction of sp³-hybridized carbons (Fsp3) is 0.391. The Morgan fingerprint density at radius 1 is 1.12 bits per heavy atom. The van der Waals surface area contributed by atoms with Crippen LogP contribution in [0.25, 0.3) is 0 Å². The summed E-state index contributed by atoms with van der Waals surface area (Å²) in [5.74, 6) is -1.57. The molecule has 1 amide bonds. The summed E-state index contributed by atoms with van der Waals surface area (Å²) in [6, 6.07) is 9.16. The van der Waals surface area contributed by atoms with Crippen LogP contribution in [0.15, 0.2) is 24.3 Å². The molecule has 33 heavy (non-hydrogen) atoms. The highest BCUT2D eigenvalue weighted by molar-refractivity contribution is 7.18. The second-order valence-electron chi connectivity index (χ2n) is 7.14. The lowest BCUT2D eigenvalue weighted by Gasteiger charge is -2.16. The van der Waals surface area contributed by atoms with Crippen molar-refractivity contribution in [3.63, 3.8) is 0 Å². The molecule has 0 fully saturated rings. The van der Waals surface area contributed by atoms with Crippen molar-refractivity contribution in [1.29, 1.82) is 5.26 Å². The molecule has 1 heterocycles. The largest absolute Gasteiger partial charge is 0.462 e. The third-order valence-corrected chi connectivity index (χ3v) is 5.72. The van der Waals surface area contributed by atoms with E-state index in [1.165, 1.54) is 7.11 Å². The summed E-state index contributed by atoms with van der Waals surface area (Å²) in [6.45, 7) is 4.30. The molecule has 0 aliphatic rings. The Morgan fingerprint density at radius 3 is 2.42 bits per heavy atom. The second kappa shape index (κ2) is 12.7. The number of benzene rings is 1. The summed E-state index contributed by atoms with van der Waals surface area (Å²) >= 11 is 0.973. The van der Waals surface area contributed by atoms with E-state index >= 15 is 0 Å². The van der Waals surface area contributed by atoms with Gasteiger partial charge in [0.05, 0.1) is 37.0 Å². The van der Waals surface area contributed by atoms with Crippen LogP contribution in [0.1, 0.15) is 43.6 Å². The fourth-order valence-electron chi connectivity index (χ4n) is 2.99. The molecular formula is C23H27N3O6S. The van der Waals surface area contributed by atoms with Crippen molar-refractivity contribution in [2.75, 3.05) is 45.8 Å². The molecule has 10 heteroatoms. The number of rotatable bonds is 11. The number of carbonyl (C=O) groups is 3. The zero-order valence-corrected chi connectivity index (χ0v) is 19.9. The van der Waals surface area contributed by atoms with E-state index in [0.29, 0.717) is 17.7 Å². The number of hydrogen-bond donors (Lipinski definition) is 1. The van der Waals surface area contributed by atoms with Crippen LogP contribution in [0.4, 0.5) is 5.00 Å². The summed E-state index contributed by atoms with van der Waals surface area (Å²) in [7, 11) is 3.28. The molecule has 2 aromatic rings. The molecule has 0 bridgehead atoms. The van der Waals surface area contributed by atoms with Crippen LogP contribution in [-0.2, 0) is 25.5 Å². The minimum atomic E-state index is -0.622. The van der Waals surface area contributed by atoms with E-state index < -0.39 is 11.9 Å². The minimum absolute atomic E-state index is 0.0484. The number of esters is 2. The number of nitriles is 1. The first kappa shape index (κ1) is 26.0. The van der Waals surface area contributed by atoms with E-state index in [0.717, 1.165) is 16.9 Å². The number of amides is 1. The molecule has 9 nitrogen and oxygen atoms in total. The molecule has 0 saturated carbocycles. The lowest BCUT2D eigenvalue weighted by atomic mass is 10.1. The van der Waals surface area contributed by atoms with Crippen molar-refractivity contribution >= 4 is 34.2 Å². The number of anilines is 1. The monoisotopic (exact) mass is 473 g/mol. The average Bonchev–Trinajstić information content (AvgIpc) is 3.10. The molecule has 0 saturated heterocycles. The number of likely N-dealkylation sites (N-methyl/N-ethyl adjacent to an activating group) is 1. The topological polar surface area (TPSA) is 118 Å². The first-order chi connectivity index (χ1) is 15.8. The summed E-state index contributed by atoms with van der Waals surface area (Å²) in [5.41, 5.74) is 2.05. The zero-order chi connectivity index (χ0) is 24.4. The van der Waals surface area contributed by atoms with Gasteiger partial charge in [-0.3, -0.25) is 9.69 Å². The summed E-state index contributed by atoms with van der Waals surface area (Å²) in [5, 5.41) is 11.9. The molecule has 0 aliphatic carbocycles. The quantitative estimate of drug-likeness (QED) is 0.391. The Kier molecular flexibility index (Phi) is 10.00. The van der Waals surface area contributed by atoms with Crippen LogP contribution >= 0.6 is 11.3 Å². The number of nitrogens with zero attached hydrogens (tertiary/aromatic N) is 2. The standard InChI is InChI=1S/C23H27N3O6S/c1-5-31-22(28)19-15(2)20(23(29)32-11-10-30-4)33-21(19)25-18(27)14-26(3)13-17-8-6-16(12-24)7-9-17/h6-9H,5,10-11,13-14H2,1-4H3,(H,25,27). The average molecular weight is 474 g/mol. The highest BCUT2D eigenvalue weighted by atomic mass is 32.1. The van der Waals surface area contributed by atoms with Gasteiger partial charge in [-0.25, -0.2) is 9.59 Å². The number of methoxy groups -OCH3 is 1. The molecule has 2 rings (SSSR count). The van der Waals surface area contributed by atoms with Gasteiger partial charge in [-0.15, -0.1) is 11.3 Å². The molecule has 0 aliphatic heterocycles. The summed E-state index contributed by atoms with van der Waals surface area (Å²) in [6.07, 6.45) is 0. The SMILES string of the molecule is CCOC(=O)c1c(NC(=O)CN(C)Cc2ccc(C#N)cc2)sc(C(=O)OCCOC)c1C. The van der Waals surface area contributed by atoms with Gasteiger partial charge in [-0.2, -0.15) is 5.26 Å². The fourth-order valence-corrected chi connectivity index (χ4v) is 4.10. The van der Waals surface area contributed by atoms with Gasteiger partial charge in [0.2, 0.25) is 5.91 Å². The van der Waals surface area contributed by atoms with Crippen molar-refractivity contribution in [3.8, 4) is 6.07 Å². The van der Waals surface area contributed by atoms with Crippen LogP contribution in [0.3, 0.4) is 0 Å². The Hall–Kier alpha value is -3.26. The lowest BCUT2D eigenvalue weighted by molar-refractivity contribution is -0.117. The molecule has 1 aromatic carbocycles. The maximum atomic E-state index is 12.7. The van der Waals surface area contributed by atoms with E-state index in [-0.39, 0.29) is 47.7 Å². The van der Waals surface area contributed by atoms with E-state index in [1.807, 2.05) is 12.1 Å². The molecule has 0 radical (unpaired) electrons. The number of hydrogen-bond acceptors (Lipinski definition) is 9. The maximum absolute atomic E-state index is 12.7. The van der Waals surface area contributed by atoms with Crippen molar-refractivity contribution in [1.82, 2.24) is 4.90 Å². The molecule has 0 atom stereocenters. The number of carbonyl (C=O) groups excluding carboxylic acids is 3. The molecule has 1 N–H and O–H groups in total. The van der Waals surface area contributed by atoms with E-state index in [2.05, 4.69) is 11.4 Å². The normalized spacial score (nSPS) is 10.5. The predicted molar refractivity (Wildman–Crippen MR) is 123 cm³/mol. The summed E-state index contributed by atoms with van der Waals surface area (Å²) in [4.78, 5) is 39.6. The smallest absolute Gasteiger partial charge is 0.348 e. The van der Waals surface area contributed by atoms with Crippen molar-refractivity contribution in [3.05, 3.63) is 51.4 Å². The molecule has 0 unspecified atom stereocenters. The van der Waals surface area contributed by atoms with Crippen molar-refractivity contribution < 1.29 is 28.6 Å². The lowest BCUT2D eigenvalue weighted by Crippen LogP contribution is -2.30. The first-order valence-corrected chi connectivity index (χ1v) is 11.1. The molecular weight excluding hydrogens is 446 g/mol. The molecule has 0 spiro atoms. The van der Waals surface area contributed by atoms with Gasteiger partial charge in [0.15, 0.2) is 0 Å². The van der Waals surface area contributed by atoms with Crippen molar-refractivity contribution in [2.45, 2.75) is 20.4 Å². The van der Waals surface area contributed by atoms with E-state index in [1.54, 1.807) is 37.9 Å². The highest BCUT2D eigenvalue weighted by Gasteiger charge is 2.27. The Labute approximate surface area is 196 Å². The third kappa shape index (κ3) is 7.39. The van der Waals surface area contributed by atoms with E-state index in [4.69, 9.17) is 19.5 Å². The molecule has 176 valence electrons. The van der Waals surface area contributed by atoms with Gasteiger partial charge < -0.3 is 19.5 Å². The second-order valence-corrected chi connectivity index (χ2v) is 8.16. The summed E-state index contributed by atoms with van der Waals surface area (Å²) < 4.78 is 15.2. The Morgan fingerprint density at radius 2 is 1.82 bits per heavy atom. The number of ether oxygens (including phenoxy) is 3. The third-order valence-electron chi connectivity index (χ3n) is 4.53. The van der Waals surface area contributed by atoms with E-state index in [9.17, 15) is 14.4 Å². The van der Waals surface area contributed by atoms with Crippen LogP contribution in [0.5, 0.6) is 0 Å². The van der Waals surface area contributed by atoms with Crippen molar-refractivity contribution in [2.24, 2.45) is 0 Å². The van der Waals surface area contributed by atoms with Gasteiger partial charge in [-0.1, -0.05) is 12.1 Å². The van der Waals surface area contributed by atoms with Gasteiger partial charge >= 0.3 is 11.9 Å². The van der Waals surface area contributed by atoms with Gasteiger partial charge in [0.25, 0.3) is 0 Å². The zero-order valence-electron chi connectivity index (χ0n) is 19.1. The predicted octanol–water partition coefficient (Wildman–Crippen LogP) is 2.98. The minimum Gasteiger partial charge on any atom is -0.462 e. The first-order valence-electron chi connectivity index (χ1n) is 10.2. The van der Waals surface area contributed by atoms with Crippen LogP contribution in [-0.4, -0.2) is 63.3 Å². The highest BCUT2D eigenvalue weighted by Crippen LogP contribution is 2.34. The number of nitrogens with one attached hydrogen (secondary N) is 1. The Bertz CT molecular complexity index is 1030. The van der Waals surface area contributed by atoms with Gasteiger partial charge in [0, 0.05) is 13.7 Å². The van der Waals surface area contributed by atoms with Gasteiger partial charge in [0.1, 0.15) is 16.5 Å². The number of thiophene rings is 1.